The quantitative estimate of drug-likeness (QED) is 0.882. The monoisotopic (exact) mass is 293 g/mol. The van der Waals surface area contributed by atoms with Gasteiger partial charge in [-0.3, -0.25) is 4.79 Å². The fraction of sp³-hybridized carbons (Fsp3) is 0.133. The summed E-state index contributed by atoms with van der Waals surface area (Å²) in [5.41, 5.74) is 1.21. The van der Waals surface area contributed by atoms with Gasteiger partial charge in [-0.15, -0.1) is 0 Å². The first-order chi connectivity index (χ1) is 9.58. The number of aliphatic carboxylic acids is 1. The van der Waals surface area contributed by atoms with Crippen molar-refractivity contribution in [2.75, 3.05) is 11.9 Å². The van der Waals surface area contributed by atoms with E-state index in [0.717, 1.165) is 0 Å². The van der Waals surface area contributed by atoms with Crippen LogP contribution in [0, 0.1) is 5.82 Å². The number of hydrogen-bond acceptors (Lipinski definition) is 2. The normalized spacial score (nSPS) is 11.9. The Balaban J connectivity index is 2.12. The largest absolute Gasteiger partial charge is 0.481 e. The van der Waals surface area contributed by atoms with E-state index in [1.165, 1.54) is 18.2 Å². The van der Waals surface area contributed by atoms with Gasteiger partial charge in [-0.05, 0) is 23.8 Å². The summed E-state index contributed by atoms with van der Waals surface area (Å²) in [7, 11) is 0. The van der Waals surface area contributed by atoms with Gasteiger partial charge in [-0.25, -0.2) is 4.39 Å². The summed E-state index contributed by atoms with van der Waals surface area (Å²) in [5, 5.41) is 12.5. The number of carboxylic acids is 1. The van der Waals surface area contributed by atoms with E-state index < -0.39 is 17.7 Å². The maximum Gasteiger partial charge on any atom is 0.312 e. The van der Waals surface area contributed by atoms with Crippen molar-refractivity contribution < 1.29 is 14.3 Å². The van der Waals surface area contributed by atoms with E-state index in [4.69, 9.17) is 11.6 Å². The maximum absolute atomic E-state index is 12.9. The maximum atomic E-state index is 12.9. The van der Waals surface area contributed by atoms with Crippen LogP contribution in [0.25, 0.3) is 0 Å². The van der Waals surface area contributed by atoms with Crippen molar-refractivity contribution in [3.8, 4) is 0 Å². The van der Waals surface area contributed by atoms with E-state index in [-0.39, 0.29) is 11.6 Å². The molecular formula is C15H13ClFNO2. The molecule has 3 nitrogen and oxygen atoms in total. The van der Waals surface area contributed by atoms with Crippen molar-refractivity contribution in [3.05, 3.63) is 64.9 Å². The fourth-order valence-electron chi connectivity index (χ4n) is 1.88. The van der Waals surface area contributed by atoms with Crippen LogP contribution in [0.4, 0.5) is 10.1 Å². The standard InChI is InChI=1S/C15H13ClFNO2/c16-13-8-11(17)6-7-14(13)18-9-12(15(19)20)10-4-2-1-3-5-10/h1-8,12,18H,9H2,(H,19,20). The number of carbonyl (C=O) groups is 1. The Morgan fingerprint density at radius 3 is 2.55 bits per heavy atom. The second-order valence-corrected chi connectivity index (χ2v) is 4.71. The van der Waals surface area contributed by atoms with Crippen molar-refractivity contribution >= 4 is 23.3 Å². The summed E-state index contributed by atoms with van der Waals surface area (Å²) >= 11 is 5.89. The Bertz CT molecular complexity index is 604. The predicted octanol–water partition coefficient (Wildman–Crippen LogP) is 3.76. The zero-order valence-corrected chi connectivity index (χ0v) is 11.3. The van der Waals surface area contributed by atoms with Crippen molar-refractivity contribution in [1.82, 2.24) is 0 Å². The molecule has 0 saturated carbocycles. The number of hydrogen-bond donors (Lipinski definition) is 2. The van der Waals surface area contributed by atoms with Gasteiger partial charge < -0.3 is 10.4 Å². The summed E-state index contributed by atoms with van der Waals surface area (Å²) in [4.78, 5) is 11.3. The lowest BCUT2D eigenvalue weighted by atomic mass is 9.99. The highest BCUT2D eigenvalue weighted by Crippen LogP contribution is 2.24. The molecule has 20 heavy (non-hydrogen) atoms. The molecule has 0 aliphatic carbocycles. The molecule has 2 aromatic carbocycles. The molecule has 2 N–H and O–H groups in total. The zero-order chi connectivity index (χ0) is 14.5. The molecule has 0 amide bonds. The van der Waals surface area contributed by atoms with Crippen LogP contribution < -0.4 is 5.32 Å². The van der Waals surface area contributed by atoms with Gasteiger partial charge in [0.1, 0.15) is 5.82 Å². The molecule has 1 atom stereocenters. The first kappa shape index (κ1) is 14.3. The average Bonchev–Trinajstić information content (AvgIpc) is 2.42. The molecule has 0 fully saturated rings. The van der Waals surface area contributed by atoms with Gasteiger partial charge in [0.25, 0.3) is 0 Å². The van der Waals surface area contributed by atoms with Crippen molar-refractivity contribution in [2.24, 2.45) is 0 Å². The Kier molecular flexibility index (Phi) is 4.58. The first-order valence-electron chi connectivity index (χ1n) is 6.04. The first-order valence-corrected chi connectivity index (χ1v) is 6.42. The number of rotatable bonds is 5. The van der Waals surface area contributed by atoms with Gasteiger partial charge in [0.2, 0.25) is 0 Å². The van der Waals surface area contributed by atoms with Crippen LogP contribution in [0.15, 0.2) is 48.5 Å². The molecule has 2 aromatic rings. The van der Waals surface area contributed by atoms with Crippen molar-refractivity contribution in [2.45, 2.75) is 5.92 Å². The topological polar surface area (TPSA) is 49.3 Å². The van der Waals surface area contributed by atoms with Crippen LogP contribution in [0.2, 0.25) is 5.02 Å². The molecule has 2 rings (SSSR count). The highest BCUT2D eigenvalue weighted by atomic mass is 35.5. The second-order valence-electron chi connectivity index (χ2n) is 4.31. The minimum atomic E-state index is -0.929. The average molecular weight is 294 g/mol. The van der Waals surface area contributed by atoms with E-state index in [9.17, 15) is 14.3 Å². The minimum Gasteiger partial charge on any atom is -0.481 e. The smallest absolute Gasteiger partial charge is 0.312 e. The third kappa shape index (κ3) is 3.48. The van der Waals surface area contributed by atoms with Crippen LogP contribution in [0.3, 0.4) is 0 Å². The molecule has 0 aromatic heterocycles. The summed E-state index contributed by atoms with van der Waals surface area (Å²) < 4.78 is 12.9. The van der Waals surface area contributed by atoms with Crippen LogP contribution >= 0.6 is 11.6 Å². The zero-order valence-electron chi connectivity index (χ0n) is 10.5. The van der Waals surface area contributed by atoms with Gasteiger partial charge >= 0.3 is 5.97 Å². The van der Waals surface area contributed by atoms with Crippen LogP contribution in [0.1, 0.15) is 11.5 Å². The summed E-state index contributed by atoms with van der Waals surface area (Å²) in [6.07, 6.45) is 0. The summed E-state index contributed by atoms with van der Waals surface area (Å²) in [6.45, 7) is 0.171. The molecule has 0 aliphatic heterocycles. The van der Waals surface area contributed by atoms with Gasteiger partial charge in [-0.1, -0.05) is 41.9 Å². The third-order valence-corrected chi connectivity index (χ3v) is 3.24. The van der Waals surface area contributed by atoms with E-state index in [1.807, 2.05) is 6.07 Å². The van der Waals surface area contributed by atoms with Gasteiger partial charge in [-0.2, -0.15) is 0 Å². The number of nitrogens with one attached hydrogen (secondary N) is 1. The minimum absolute atomic E-state index is 0.171. The predicted molar refractivity (Wildman–Crippen MR) is 76.7 cm³/mol. The molecule has 0 radical (unpaired) electrons. The summed E-state index contributed by atoms with van der Waals surface area (Å²) in [5.74, 6) is -2.06. The molecule has 104 valence electrons. The molecule has 0 spiro atoms. The third-order valence-electron chi connectivity index (χ3n) is 2.93. The van der Waals surface area contributed by atoms with E-state index in [0.29, 0.717) is 11.3 Å². The fourth-order valence-corrected chi connectivity index (χ4v) is 2.11. The molecule has 5 heteroatoms. The summed E-state index contributed by atoms with van der Waals surface area (Å²) in [6, 6.07) is 12.9. The Morgan fingerprint density at radius 2 is 1.95 bits per heavy atom. The molecular weight excluding hydrogens is 281 g/mol. The second kappa shape index (κ2) is 6.39. The van der Waals surface area contributed by atoms with Gasteiger partial charge in [0.05, 0.1) is 16.6 Å². The Hall–Kier alpha value is -2.07. The van der Waals surface area contributed by atoms with E-state index >= 15 is 0 Å². The lowest BCUT2D eigenvalue weighted by Crippen LogP contribution is -2.21. The number of benzene rings is 2. The Labute approximate surface area is 121 Å². The highest BCUT2D eigenvalue weighted by Gasteiger charge is 2.19. The Morgan fingerprint density at radius 1 is 1.25 bits per heavy atom. The molecule has 0 saturated heterocycles. The SMILES string of the molecule is O=C(O)C(CNc1ccc(F)cc1Cl)c1ccccc1. The van der Waals surface area contributed by atoms with Crippen molar-refractivity contribution in [3.63, 3.8) is 0 Å². The molecule has 1 unspecified atom stereocenters. The van der Waals surface area contributed by atoms with E-state index in [1.54, 1.807) is 24.3 Å². The number of halogens is 2. The van der Waals surface area contributed by atoms with Crippen molar-refractivity contribution in [1.29, 1.82) is 0 Å². The highest BCUT2D eigenvalue weighted by molar-refractivity contribution is 6.33. The van der Waals surface area contributed by atoms with Crippen LogP contribution in [0.5, 0.6) is 0 Å². The van der Waals surface area contributed by atoms with Crippen LogP contribution in [-0.4, -0.2) is 17.6 Å². The lowest BCUT2D eigenvalue weighted by molar-refractivity contribution is -0.138. The number of anilines is 1. The number of carboxylic acid groups (broad SMARTS) is 1. The lowest BCUT2D eigenvalue weighted by Gasteiger charge is -2.15. The molecule has 0 aliphatic rings. The van der Waals surface area contributed by atoms with Gasteiger partial charge in [0.15, 0.2) is 0 Å². The van der Waals surface area contributed by atoms with Crippen LogP contribution in [-0.2, 0) is 4.79 Å². The molecule has 0 heterocycles. The molecule has 0 bridgehead atoms. The van der Waals surface area contributed by atoms with E-state index in [2.05, 4.69) is 5.32 Å². The van der Waals surface area contributed by atoms with Gasteiger partial charge in [0, 0.05) is 6.54 Å².